The number of nitrogens with one attached hydrogen (secondary N) is 1. The monoisotopic (exact) mass is 289 g/mol. The number of hydrogen-bond donors (Lipinski definition) is 1. The van der Waals surface area contributed by atoms with Gasteiger partial charge < -0.3 is 5.32 Å². The van der Waals surface area contributed by atoms with Gasteiger partial charge in [0, 0.05) is 6.07 Å². The first kappa shape index (κ1) is 15.6. The SMILES string of the molecule is CCCNC(c1cc(C)cc(C)c1)c1cc(F)cc(F)c1. The van der Waals surface area contributed by atoms with Crippen LogP contribution in [-0.2, 0) is 0 Å². The molecule has 3 heteroatoms. The van der Waals surface area contributed by atoms with Crippen molar-refractivity contribution in [2.45, 2.75) is 33.2 Å². The lowest BCUT2D eigenvalue weighted by Gasteiger charge is -2.21. The summed E-state index contributed by atoms with van der Waals surface area (Å²) >= 11 is 0. The van der Waals surface area contributed by atoms with Crippen molar-refractivity contribution in [3.8, 4) is 0 Å². The lowest BCUT2D eigenvalue weighted by atomic mass is 9.95. The minimum absolute atomic E-state index is 0.200. The van der Waals surface area contributed by atoms with E-state index in [1.807, 2.05) is 13.8 Å². The van der Waals surface area contributed by atoms with E-state index in [9.17, 15) is 8.78 Å². The van der Waals surface area contributed by atoms with Gasteiger partial charge in [0.05, 0.1) is 6.04 Å². The highest BCUT2D eigenvalue weighted by Crippen LogP contribution is 2.25. The molecule has 2 rings (SSSR count). The van der Waals surface area contributed by atoms with Gasteiger partial charge in [0.15, 0.2) is 0 Å². The quantitative estimate of drug-likeness (QED) is 0.843. The average molecular weight is 289 g/mol. The molecule has 21 heavy (non-hydrogen) atoms. The van der Waals surface area contributed by atoms with Gasteiger partial charge in [-0.05, 0) is 50.1 Å². The Bertz CT molecular complexity index is 531. The molecule has 0 fully saturated rings. The van der Waals surface area contributed by atoms with E-state index in [0.717, 1.165) is 35.7 Å². The summed E-state index contributed by atoms with van der Waals surface area (Å²) in [5.74, 6) is -1.09. The second-order valence-corrected chi connectivity index (χ2v) is 5.51. The van der Waals surface area contributed by atoms with Crippen LogP contribution in [0, 0.1) is 25.5 Å². The van der Waals surface area contributed by atoms with E-state index < -0.39 is 11.6 Å². The van der Waals surface area contributed by atoms with E-state index in [1.165, 1.54) is 12.1 Å². The van der Waals surface area contributed by atoms with E-state index in [-0.39, 0.29) is 6.04 Å². The summed E-state index contributed by atoms with van der Waals surface area (Å²) in [7, 11) is 0. The van der Waals surface area contributed by atoms with Crippen LogP contribution in [0.25, 0.3) is 0 Å². The van der Waals surface area contributed by atoms with Gasteiger partial charge in [-0.2, -0.15) is 0 Å². The van der Waals surface area contributed by atoms with E-state index in [0.29, 0.717) is 5.56 Å². The Labute approximate surface area is 125 Å². The summed E-state index contributed by atoms with van der Waals surface area (Å²) in [4.78, 5) is 0. The molecular weight excluding hydrogens is 268 g/mol. The van der Waals surface area contributed by atoms with Gasteiger partial charge in [0.25, 0.3) is 0 Å². The molecule has 0 saturated carbocycles. The molecule has 0 aromatic heterocycles. The smallest absolute Gasteiger partial charge is 0.126 e. The summed E-state index contributed by atoms with van der Waals surface area (Å²) < 4.78 is 27.0. The highest BCUT2D eigenvalue weighted by atomic mass is 19.1. The standard InChI is InChI=1S/C18H21F2N/c1-4-5-21-18(14-7-12(2)6-13(3)8-14)15-9-16(19)11-17(20)10-15/h6-11,18,21H,4-5H2,1-3H3. The molecule has 1 unspecified atom stereocenters. The molecule has 0 radical (unpaired) electrons. The first-order valence-electron chi connectivity index (χ1n) is 7.27. The fourth-order valence-electron chi connectivity index (χ4n) is 2.64. The zero-order valence-corrected chi connectivity index (χ0v) is 12.7. The molecule has 0 bridgehead atoms. The minimum atomic E-state index is -0.544. The van der Waals surface area contributed by atoms with E-state index in [4.69, 9.17) is 0 Å². The lowest BCUT2D eigenvalue weighted by Crippen LogP contribution is -2.23. The Balaban J connectivity index is 2.46. The van der Waals surface area contributed by atoms with Gasteiger partial charge in [-0.3, -0.25) is 0 Å². The van der Waals surface area contributed by atoms with Gasteiger partial charge in [-0.1, -0.05) is 36.2 Å². The van der Waals surface area contributed by atoms with Crippen LogP contribution in [0.2, 0.25) is 0 Å². The average Bonchev–Trinajstić information content (AvgIpc) is 2.37. The number of halogens is 2. The summed E-state index contributed by atoms with van der Waals surface area (Å²) in [5.41, 5.74) is 3.94. The summed E-state index contributed by atoms with van der Waals surface area (Å²) in [5, 5.41) is 3.38. The van der Waals surface area contributed by atoms with Crippen molar-refractivity contribution in [2.75, 3.05) is 6.54 Å². The maximum Gasteiger partial charge on any atom is 0.126 e. The van der Waals surface area contributed by atoms with Crippen molar-refractivity contribution in [1.82, 2.24) is 5.32 Å². The van der Waals surface area contributed by atoms with Gasteiger partial charge in [0.1, 0.15) is 11.6 Å². The molecule has 1 nitrogen and oxygen atoms in total. The first-order chi connectivity index (χ1) is 9.99. The summed E-state index contributed by atoms with van der Waals surface area (Å²) in [6, 6.07) is 9.71. The second kappa shape index (κ2) is 6.81. The zero-order valence-electron chi connectivity index (χ0n) is 12.7. The fourth-order valence-corrected chi connectivity index (χ4v) is 2.64. The number of aryl methyl sites for hydroxylation is 2. The third-order valence-electron chi connectivity index (χ3n) is 3.39. The topological polar surface area (TPSA) is 12.0 Å². The fraction of sp³-hybridized carbons (Fsp3) is 0.333. The number of rotatable bonds is 5. The Hall–Kier alpha value is -1.74. The van der Waals surface area contributed by atoms with Crippen LogP contribution in [0.4, 0.5) is 8.78 Å². The maximum atomic E-state index is 13.5. The Morgan fingerprint density at radius 3 is 1.90 bits per heavy atom. The third-order valence-corrected chi connectivity index (χ3v) is 3.39. The molecule has 1 atom stereocenters. The summed E-state index contributed by atoms with van der Waals surface area (Å²) in [6.45, 7) is 6.91. The second-order valence-electron chi connectivity index (χ2n) is 5.51. The predicted molar refractivity (Wildman–Crippen MR) is 82.4 cm³/mol. The largest absolute Gasteiger partial charge is 0.306 e. The number of benzene rings is 2. The normalized spacial score (nSPS) is 12.4. The Kier molecular flexibility index (Phi) is 5.07. The van der Waals surface area contributed by atoms with Crippen molar-refractivity contribution in [3.63, 3.8) is 0 Å². The van der Waals surface area contributed by atoms with Gasteiger partial charge in [-0.15, -0.1) is 0 Å². The maximum absolute atomic E-state index is 13.5. The highest BCUT2D eigenvalue weighted by molar-refractivity contribution is 5.37. The van der Waals surface area contributed by atoms with Crippen LogP contribution in [0.1, 0.15) is 41.6 Å². The van der Waals surface area contributed by atoms with Crippen molar-refractivity contribution < 1.29 is 8.78 Å². The van der Waals surface area contributed by atoms with Crippen molar-refractivity contribution in [3.05, 3.63) is 70.3 Å². The minimum Gasteiger partial charge on any atom is -0.306 e. The van der Waals surface area contributed by atoms with E-state index in [2.05, 4.69) is 30.4 Å². The molecule has 1 N–H and O–H groups in total. The molecule has 0 aliphatic carbocycles. The molecule has 0 amide bonds. The molecule has 0 saturated heterocycles. The Morgan fingerprint density at radius 1 is 0.857 bits per heavy atom. The third kappa shape index (κ3) is 4.11. The van der Waals surface area contributed by atoms with Crippen LogP contribution in [0.5, 0.6) is 0 Å². The van der Waals surface area contributed by atoms with Crippen LogP contribution < -0.4 is 5.32 Å². The van der Waals surface area contributed by atoms with Gasteiger partial charge >= 0.3 is 0 Å². The van der Waals surface area contributed by atoms with Crippen molar-refractivity contribution >= 4 is 0 Å². The van der Waals surface area contributed by atoms with Gasteiger partial charge in [-0.25, -0.2) is 8.78 Å². The molecule has 2 aromatic carbocycles. The number of hydrogen-bond acceptors (Lipinski definition) is 1. The predicted octanol–water partition coefficient (Wildman–Crippen LogP) is 4.67. The van der Waals surface area contributed by atoms with Crippen LogP contribution in [0.3, 0.4) is 0 Å². The highest BCUT2D eigenvalue weighted by Gasteiger charge is 2.16. The molecule has 0 spiro atoms. The summed E-state index contributed by atoms with van der Waals surface area (Å²) in [6.07, 6.45) is 0.957. The lowest BCUT2D eigenvalue weighted by molar-refractivity contribution is 0.558. The molecule has 112 valence electrons. The molecular formula is C18H21F2N. The molecule has 0 aliphatic rings. The zero-order chi connectivity index (χ0) is 15.4. The van der Waals surface area contributed by atoms with Crippen LogP contribution in [0.15, 0.2) is 36.4 Å². The van der Waals surface area contributed by atoms with Crippen molar-refractivity contribution in [2.24, 2.45) is 0 Å². The van der Waals surface area contributed by atoms with Gasteiger partial charge in [0.2, 0.25) is 0 Å². The first-order valence-corrected chi connectivity index (χ1v) is 7.27. The Morgan fingerprint density at radius 2 is 1.38 bits per heavy atom. The van der Waals surface area contributed by atoms with Crippen LogP contribution in [-0.4, -0.2) is 6.54 Å². The molecule has 0 aliphatic heterocycles. The molecule has 0 heterocycles. The van der Waals surface area contributed by atoms with Crippen molar-refractivity contribution in [1.29, 1.82) is 0 Å². The van der Waals surface area contributed by atoms with E-state index >= 15 is 0 Å². The molecule has 2 aromatic rings. The van der Waals surface area contributed by atoms with E-state index in [1.54, 1.807) is 0 Å². The van der Waals surface area contributed by atoms with Crippen LogP contribution >= 0.6 is 0 Å².